The molecule has 4 aromatic carbocycles. The summed E-state index contributed by atoms with van der Waals surface area (Å²) in [6.07, 6.45) is 0.927. The molecule has 0 aliphatic carbocycles. The fraction of sp³-hybridized carbons (Fsp3) is 0.200. The topological polar surface area (TPSA) is 55.1 Å². The maximum Gasteiger partial charge on any atom is 0.213 e. The first-order valence-corrected chi connectivity index (χ1v) is 14.4. The van der Waals surface area contributed by atoms with Gasteiger partial charge in [-0.05, 0) is 60.9 Å². The molecule has 7 nitrogen and oxygen atoms in total. The molecule has 0 radical (unpaired) electrons. The molecule has 42 heavy (non-hydrogen) atoms. The summed E-state index contributed by atoms with van der Waals surface area (Å²) in [6.45, 7) is 5.51. The van der Waals surface area contributed by atoms with E-state index in [2.05, 4.69) is 103 Å². The van der Waals surface area contributed by atoms with Crippen LogP contribution in [0.25, 0.3) is 5.69 Å². The summed E-state index contributed by atoms with van der Waals surface area (Å²) in [5, 5.41) is 5.04. The number of ether oxygens (including phenoxy) is 2. The van der Waals surface area contributed by atoms with Crippen molar-refractivity contribution in [1.82, 2.24) is 9.78 Å². The second-order valence-corrected chi connectivity index (χ2v) is 10.6. The maximum atomic E-state index is 6.01. The van der Waals surface area contributed by atoms with Gasteiger partial charge in [0.25, 0.3) is 0 Å². The van der Waals surface area contributed by atoms with Crippen LogP contribution in [-0.4, -0.2) is 29.5 Å². The summed E-state index contributed by atoms with van der Waals surface area (Å²) in [4.78, 5) is 10.1. The van der Waals surface area contributed by atoms with E-state index in [0.29, 0.717) is 18.9 Å². The van der Waals surface area contributed by atoms with Crippen LogP contribution in [-0.2, 0) is 6.54 Å². The standard InChI is InChI=1S/C35H33N5O2/c1-4-21-42-30-20-19-26(22-31(30)41-3)33-32-24(2)37-40(27-15-9-6-10-16-27)34(32)36-35-38(23-25-13-7-5-8-14-25)28-17-11-12-18-29(28)39(33)35/h5-20,22,33H,4,21,23H2,1-3H3/t33-/m1/s1. The molecule has 1 aromatic heterocycles. The zero-order valence-corrected chi connectivity index (χ0v) is 24.1. The fourth-order valence-electron chi connectivity index (χ4n) is 5.96. The number of fused-ring (bicyclic) bond motifs is 4. The van der Waals surface area contributed by atoms with Crippen molar-refractivity contribution in [3.8, 4) is 17.2 Å². The van der Waals surface area contributed by atoms with E-state index in [1.54, 1.807) is 7.11 Å². The molecule has 5 aromatic rings. The highest BCUT2D eigenvalue weighted by atomic mass is 16.5. The van der Waals surface area contributed by atoms with Gasteiger partial charge >= 0.3 is 0 Å². The molecule has 0 unspecified atom stereocenters. The number of hydrogen-bond acceptors (Lipinski definition) is 6. The predicted molar refractivity (Wildman–Crippen MR) is 168 cm³/mol. The smallest absolute Gasteiger partial charge is 0.213 e. The fourth-order valence-corrected chi connectivity index (χ4v) is 5.96. The van der Waals surface area contributed by atoms with Gasteiger partial charge < -0.3 is 14.4 Å². The summed E-state index contributed by atoms with van der Waals surface area (Å²) in [7, 11) is 1.70. The largest absolute Gasteiger partial charge is 0.493 e. The highest BCUT2D eigenvalue weighted by Crippen LogP contribution is 2.51. The van der Waals surface area contributed by atoms with Crippen LogP contribution in [0.1, 0.15) is 41.8 Å². The molecule has 0 fully saturated rings. The summed E-state index contributed by atoms with van der Waals surface area (Å²) < 4.78 is 13.8. The molecule has 210 valence electrons. The Hall–Kier alpha value is -5.04. The summed E-state index contributed by atoms with van der Waals surface area (Å²) in [5.41, 5.74) is 7.52. The monoisotopic (exact) mass is 555 g/mol. The molecule has 1 atom stereocenters. The lowest BCUT2D eigenvalue weighted by Crippen LogP contribution is -2.42. The van der Waals surface area contributed by atoms with Gasteiger partial charge in [0.15, 0.2) is 17.3 Å². The van der Waals surface area contributed by atoms with Crippen molar-refractivity contribution in [2.24, 2.45) is 4.99 Å². The number of para-hydroxylation sites is 3. The van der Waals surface area contributed by atoms with E-state index >= 15 is 0 Å². The molecule has 0 amide bonds. The number of methoxy groups -OCH3 is 1. The Morgan fingerprint density at radius 2 is 1.52 bits per heavy atom. The summed E-state index contributed by atoms with van der Waals surface area (Å²) in [5.74, 6) is 3.18. The van der Waals surface area contributed by atoms with Crippen LogP contribution in [0, 0.1) is 6.92 Å². The molecule has 7 heteroatoms. The highest BCUT2D eigenvalue weighted by Gasteiger charge is 2.44. The number of hydrogen-bond donors (Lipinski definition) is 0. The van der Waals surface area contributed by atoms with Crippen molar-refractivity contribution in [2.75, 3.05) is 23.5 Å². The molecule has 0 N–H and O–H groups in total. The number of nitrogens with zero attached hydrogens (tertiary/aromatic N) is 5. The zero-order valence-electron chi connectivity index (χ0n) is 24.1. The van der Waals surface area contributed by atoms with Crippen LogP contribution in [0.2, 0.25) is 0 Å². The van der Waals surface area contributed by atoms with Gasteiger partial charge in [-0.1, -0.05) is 73.7 Å². The lowest BCUT2D eigenvalue weighted by atomic mass is 9.95. The quantitative estimate of drug-likeness (QED) is 0.197. The van der Waals surface area contributed by atoms with Crippen molar-refractivity contribution < 1.29 is 9.47 Å². The van der Waals surface area contributed by atoms with Crippen molar-refractivity contribution in [1.29, 1.82) is 0 Å². The number of anilines is 2. The van der Waals surface area contributed by atoms with Crippen LogP contribution in [0.4, 0.5) is 17.2 Å². The van der Waals surface area contributed by atoms with Gasteiger partial charge in [-0.15, -0.1) is 0 Å². The van der Waals surface area contributed by atoms with Gasteiger partial charge in [-0.2, -0.15) is 10.1 Å². The summed E-state index contributed by atoms with van der Waals surface area (Å²) >= 11 is 0. The van der Waals surface area contributed by atoms with Gasteiger partial charge in [-0.25, -0.2) is 4.68 Å². The first-order valence-electron chi connectivity index (χ1n) is 14.4. The Kier molecular flexibility index (Phi) is 6.62. The summed E-state index contributed by atoms with van der Waals surface area (Å²) in [6, 6.07) is 35.4. The average Bonchev–Trinajstić information content (AvgIpc) is 3.54. The number of aromatic nitrogens is 2. The Labute approximate surface area is 246 Å². The van der Waals surface area contributed by atoms with Crippen molar-refractivity contribution in [3.63, 3.8) is 0 Å². The first kappa shape index (κ1) is 25.9. The molecule has 0 spiro atoms. The Morgan fingerprint density at radius 3 is 2.26 bits per heavy atom. The first-order chi connectivity index (χ1) is 20.7. The number of aliphatic imine (C=N–C) groups is 1. The molecule has 0 saturated heterocycles. The maximum absolute atomic E-state index is 6.01. The molecule has 0 saturated carbocycles. The molecule has 3 heterocycles. The lowest BCUT2D eigenvalue weighted by Gasteiger charge is -2.35. The van der Waals surface area contributed by atoms with Gasteiger partial charge in [0.1, 0.15) is 0 Å². The normalized spacial score (nSPS) is 15.1. The minimum absolute atomic E-state index is 0.180. The molecular weight excluding hydrogens is 522 g/mol. The third-order valence-corrected chi connectivity index (χ3v) is 7.86. The third-order valence-electron chi connectivity index (χ3n) is 7.86. The van der Waals surface area contributed by atoms with E-state index < -0.39 is 0 Å². The minimum Gasteiger partial charge on any atom is -0.493 e. The van der Waals surface area contributed by atoms with Gasteiger partial charge in [0.2, 0.25) is 5.96 Å². The highest BCUT2D eigenvalue weighted by molar-refractivity contribution is 6.18. The van der Waals surface area contributed by atoms with E-state index in [1.165, 1.54) is 5.56 Å². The van der Waals surface area contributed by atoms with Gasteiger partial charge in [0, 0.05) is 5.56 Å². The van der Waals surface area contributed by atoms with Crippen LogP contribution >= 0.6 is 0 Å². The molecule has 7 rings (SSSR count). The predicted octanol–water partition coefficient (Wildman–Crippen LogP) is 7.60. The SMILES string of the molecule is CCCOc1ccc([C@@H]2c3c(C)nn(-c4ccccc4)c3N=C3N(Cc4ccccc4)c4ccccc4N32)cc1OC. The number of aryl methyl sites for hydroxylation is 1. The van der Waals surface area contributed by atoms with E-state index in [9.17, 15) is 0 Å². The number of benzene rings is 4. The van der Waals surface area contributed by atoms with Crippen LogP contribution < -0.4 is 19.3 Å². The lowest BCUT2D eigenvalue weighted by molar-refractivity contribution is 0.294. The minimum atomic E-state index is -0.180. The Bertz CT molecular complexity index is 1760. The number of rotatable bonds is 8. The molecule has 0 bridgehead atoms. The van der Waals surface area contributed by atoms with E-state index in [-0.39, 0.29) is 6.04 Å². The van der Waals surface area contributed by atoms with Crippen molar-refractivity contribution in [2.45, 2.75) is 32.9 Å². The molecule has 2 aliphatic heterocycles. The van der Waals surface area contributed by atoms with Crippen LogP contribution in [0.15, 0.2) is 108 Å². The van der Waals surface area contributed by atoms with Crippen LogP contribution in [0.3, 0.4) is 0 Å². The molecular formula is C35H33N5O2. The average molecular weight is 556 g/mol. The van der Waals surface area contributed by atoms with E-state index in [0.717, 1.165) is 57.8 Å². The zero-order chi connectivity index (χ0) is 28.6. The van der Waals surface area contributed by atoms with Crippen molar-refractivity contribution in [3.05, 3.63) is 126 Å². The third kappa shape index (κ3) is 4.29. The van der Waals surface area contributed by atoms with Gasteiger partial charge in [-0.3, -0.25) is 4.90 Å². The Balaban J connectivity index is 1.45. The molecule has 2 aliphatic rings. The second kappa shape index (κ2) is 10.7. The number of guanidine groups is 1. The van der Waals surface area contributed by atoms with E-state index in [4.69, 9.17) is 19.6 Å². The Morgan fingerprint density at radius 1 is 0.810 bits per heavy atom. The second-order valence-electron chi connectivity index (χ2n) is 10.6. The van der Waals surface area contributed by atoms with Crippen molar-refractivity contribution >= 4 is 23.2 Å². The van der Waals surface area contributed by atoms with E-state index in [1.807, 2.05) is 28.9 Å². The van der Waals surface area contributed by atoms with Gasteiger partial charge in [0.05, 0.1) is 49.1 Å². The van der Waals surface area contributed by atoms with Crippen LogP contribution in [0.5, 0.6) is 11.5 Å².